The van der Waals surface area contributed by atoms with Gasteiger partial charge < -0.3 is 5.11 Å². The highest BCUT2D eigenvalue weighted by Crippen LogP contribution is 2.16. The predicted octanol–water partition coefficient (Wildman–Crippen LogP) is 0.565. The second-order valence-electron chi connectivity index (χ2n) is 3.36. The third-order valence-corrected chi connectivity index (χ3v) is 2.84. The van der Waals surface area contributed by atoms with Gasteiger partial charge in [-0.15, -0.1) is 17.7 Å². The van der Waals surface area contributed by atoms with Crippen molar-refractivity contribution < 1.29 is 5.11 Å². The van der Waals surface area contributed by atoms with E-state index in [1.807, 2.05) is 13.8 Å². The molecule has 0 aliphatic carbocycles. The van der Waals surface area contributed by atoms with Crippen LogP contribution in [-0.2, 0) is 6.42 Å². The minimum Gasteiger partial charge on any atom is -0.396 e. The molecule has 2 aromatic heterocycles. The second kappa shape index (κ2) is 3.79. The molecule has 0 fully saturated rings. The summed E-state index contributed by atoms with van der Waals surface area (Å²) in [6.45, 7) is 3.89. The second-order valence-corrected chi connectivity index (χ2v) is 3.78. The molecule has 1 N–H and O–H groups in total. The first-order chi connectivity index (χ1) is 7.13. The van der Waals surface area contributed by atoms with Crippen LogP contribution in [0.3, 0.4) is 0 Å². The quantitative estimate of drug-likeness (QED) is 0.578. The Kier molecular flexibility index (Phi) is 2.62. The standard InChI is InChI=1S/C9H12N4OS/c1-5-6(2)10-9-11-7(3-4-14)12-13(9)8(5)15/h14-15H,3-4H2,1-2H3. The van der Waals surface area contributed by atoms with E-state index in [2.05, 4.69) is 27.7 Å². The summed E-state index contributed by atoms with van der Waals surface area (Å²) in [4.78, 5) is 8.49. The molecule has 15 heavy (non-hydrogen) atoms. The smallest absolute Gasteiger partial charge is 0.253 e. The topological polar surface area (TPSA) is 63.3 Å². The van der Waals surface area contributed by atoms with Gasteiger partial charge in [-0.05, 0) is 13.8 Å². The third-order valence-electron chi connectivity index (χ3n) is 2.32. The van der Waals surface area contributed by atoms with Gasteiger partial charge in [0.15, 0.2) is 5.82 Å². The first kappa shape index (κ1) is 10.4. The van der Waals surface area contributed by atoms with E-state index in [4.69, 9.17) is 5.11 Å². The number of aromatic nitrogens is 4. The summed E-state index contributed by atoms with van der Waals surface area (Å²) in [6, 6.07) is 0. The van der Waals surface area contributed by atoms with E-state index >= 15 is 0 Å². The van der Waals surface area contributed by atoms with Gasteiger partial charge in [-0.25, -0.2) is 4.98 Å². The number of aliphatic hydroxyl groups is 1. The van der Waals surface area contributed by atoms with Gasteiger partial charge in [0, 0.05) is 17.7 Å². The lowest BCUT2D eigenvalue weighted by Gasteiger charge is -2.03. The van der Waals surface area contributed by atoms with E-state index in [0.717, 1.165) is 16.3 Å². The summed E-state index contributed by atoms with van der Waals surface area (Å²) in [6.07, 6.45) is 0.439. The van der Waals surface area contributed by atoms with Crippen molar-refractivity contribution in [3.63, 3.8) is 0 Å². The van der Waals surface area contributed by atoms with E-state index in [1.54, 1.807) is 4.52 Å². The SMILES string of the molecule is Cc1nc2nc(CCO)nn2c(S)c1C. The van der Waals surface area contributed by atoms with Gasteiger partial charge in [-0.2, -0.15) is 9.50 Å². The lowest BCUT2D eigenvalue weighted by Crippen LogP contribution is -2.00. The molecule has 0 unspecified atom stereocenters. The van der Waals surface area contributed by atoms with Gasteiger partial charge in [0.1, 0.15) is 5.03 Å². The lowest BCUT2D eigenvalue weighted by molar-refractivity contribution is 0.296. The zero-order valence-corrected chi connectivity index (χ0v) is 9.49. The molecule has 0 radical (unpaired) electrons. The van der Waals surface area contributed by atoms with Crippen LogP contribution in [0.15, 0.2) is 5.03 Å². The van der Waals surface area contributed by atoms with Crippen molar-refractivity contribution in [1.82, 2.24) is 19.6 Å². The van der Waals surface area contributed by atoms with Crippen LogP contribution in [0, 0.1) is 13.8 Å². The van der Waals surface area contributed by atoms with Crippen LogP contribution < -0.4 is 0 Å². The molecule has 2 rings (SSSR count). The van der Waals surface area contributed by atoms with Crippen molar-refractivity contribution in [2.24, 2.45) is 0 Å². The number of nitrogens with zero attached hydrogens (tertiary/aromatic N) is 4. The van der Waals surface area contributed by atoms with Crippen LogP contribution in [0.2, 0.25) is 0 Å². The minimum atomic E-state index is 0.0384. The van der Waals surface area contributed by atoms with Crippen LogP contribution in [0.25, 0.3) is 5.78 Å². The number of aliphatic hydroxyl groups excluding tert-OH is 1. The molecule has 0 aliphatic rings. The normalized spacial score (nSPS) is 11.2. The van der Waals surface area contributed by atoms with Crippen molar-refractivity contribution in [2.75, 3.05) is 6.61 Å². The van der Waals surface area contributed by atoms with Crippen LogP contribution in [0.4, 0.5) is 0 Å². The van der Waals surface area contributed by atoms with E-state index in [1.165, 1.54) is 0 Å². The zero-order chi connectivity index (χ0) is 11.0. The first-order valence-electron chi connectivity index (χ1n) is 4.66. The van der Waals surface area contributed by atoms with Gasteiger partial charge in [0.2, 0.25) is 0 Å². The van der Waals surface area contributed by atoms with Gasteiger partial charge in [0.05, 0.1) is 6.61 Å². The summed E-state index contributed by atoms with van der Waals surface area (Å²) >= 11 is 4.37. The maximum atomic E-state index is 8.79. The number of hydrogen-bond acceptors (Lipinski definition) is 5. The van der Waals surface area contributed by atoms with Crippen LogP contribution in [0.5, 0.6) is 0 Å². The average Bonchev–Trinajstić information content (AvgIpc) is 2.58. The Morgan fingerprint density at radius 2 is 2.07 bits per heavy atom. The summed E-state index contributed by atoms with van der Waals surface area (Å²) < 4.78 is 1.59. The molecule has 2 heterocycles. The number of rotatable bonds is 2. The highest BCUT2D eigenvalue weighted by atomic mass is 32.1. The summed E-state index contributed by atoms with van der Waals surface area (Å²) in [5.74, 6) is 1.12. The molecular formula is C9H12N4OS. The highest BCUT2D eigenvalue weighted by molar-refractivity contribution is 7.80. The molecule has 0 atom stereocenters. The molecule has 0 aliphatic heterocycles. The maximum absolute atomic E-state index is 8.79. The Morgan fingerprint density at radius 3 is 2.73 bits per heavy atom. The number of hydrogen-bond donors (Lipinski definition) is 2. The number of aryl methyl sites for hydroxylation is 1. The van der Waals surface area contributed by atoms with E-state index in [9.17, 15) is 0 Å². The van der Waals surface area contributed by atoms with Gasteiger partial charge in [-0.1, -0.05) is 0 Å². The third kappa shape index (κ3) is 1.70. The van der Waals surface area contributed by atoms with E-state index in [-0.39, 0.29) is 6.61 Å². The molecule has 0 spiro atoms. The number of thiol groups is 1. The van der Waals surface area contributed by atoms with Crippen molar-refractivity contribution in [3.8, 4) is 0 Å². The van der Waals surface area contributed by atoms with Gasteiger partial charge in [-0.3, -0.25) is 0 Å². The molecule has 0 saturated carbocycles. The first-order valence-corrected chi connectivity index (χ1v) is 5.11. The molecule has 0 amide bonds. The molecule has 5 nitrogen and oxygen atoms in total. The Bertz CT molecular complexity index is 508. The summed E-state index contributed by atoms with van der Waals surface area (Å²) in [7, 11) is 0. The average molecular weight is 224 g/mol. The molecule has 0 aromatic carbocycles. The fraction of sp³-hybridized carbons (Fsp3) is 0.444. The molecular weight excluding hydrogens is 212 g/mol. The van der Waals surface area contributed by atoms with Crippen molar-refractivity contribution in [3.05, 3.63) is 17.1 Å². The van der Waals surface area contributed by atoms with Crippen LogP contribution in [0.1, 0.15) is 17.1 Å². The largest absolute Gasteiger partial charge is 0.396 e. The van der Waals surface area contributed by atoms with Gasteiger partial charge >= 0.3 is 0 Å². The summed E-state index contributed by atoms with van der Waals surface area (Å²) in [5, 5.41) is 13.7. The molecule has 6 heteroatoms. The lowest BCUT2D eigenvalue weighted by atomic mass is 10.3. The minimum absolute atomic E-state index is 0.0384. The fourth-order valence-corrected chi connectivity index (χ4v) is 1.62. The van der Waals surface area contributed by atoms with Crippen molar-refractivity contribution >= 4 is 18.4 Å². The Morgan fingerprint density at radius 1 is 1.33 bits per heavy atom. The molecule has 80 valence electrons. The Labute approximate surface area is 92.6 Å². The maximum Gasteiger partial charge on any atom is 0.253 e. The fourth-order valence-electron chi connectivity index (χ4n) is 1.32. The monoisotopic (exact) mass is 224 g/mol. The Hall–Kier alpha value is -1.14. The van der Waals surface area contributed by atoms with Crippen molar-refractivity contribution in [2.45, 2.75) is 25.3 Å². The van der Waals surface area contributed by atoms with E-state index in [0.29, 0.717) is 18.0 Å². The molecule has 2 aromatic rings. The summed E-state index contributed by atoms with van der Waals surface area (Å²) in [5.41, 5.74) is 1.89. The van der Waals surface area contributed by atoms with Crippen LogP contribution >= 0.6 is 12.6 Å². The number of fused-ring (bicyclic) bond motifs is 1. The Balaban J connectivity index is 2.65. The van der Waals surface area contributed by atoms with Crippen LogP contribution in [-0.4, -0.2) is 31.3 Å². The van der Waals surface area contributed by atoms with Gasteiger partial charge in [0.25, 0.3) is 5.78 Å². The predicted molar refractivity (Wildman–Crippen MR) is 58.3 cm³/mol. The zero-order valence-electron chi connectivity index (χ0n) is 8.60. The van der Waals surface area contributed by atoms with E-state index < -0.39 is 0 Å². The molecule has 0 saturated heterocycles. The van der Waals surface area contributed by atoms with Crippen molar-refractivity contribution in [1.29, 1.82) is 0 Å². The highest BCUT2D eigenvalue weighted by Gasteiger charge is 2.10. The molecule has 0 bridgehead atoms.